The van der Waals surface area contributed by atoms with Gasteiger partial charge < -0.3 is 9.80 Å². The normalized spacial score (nSPS) is 19.3. The Labute approximate surface area is 167 Å². The van der Waals surface area contributed by atoms with Crippen LogP contribution in [0.15, 0.2) is 30.7 Å². The topological polar surface area (TPSA) is 62.2 Å². The first-order valence-corrected chi connectivity index (χ1v) is 10.3. The van der Waals surface area contributed by atoms with E-state index in [1.165, 1.54) is 5.56 Å². The smallest absolute Gasteiger partial charge is 0.222 e. The second kappa shape index (κ2) is 7.86. The molecule has 6 nitrogen and oxygen atoms in total. The summed E-state index contributed by atoms with van der Waals surface area (Å²) < 4.78 is 0. The predicted octanol–water partition coefficient (Wildman–Crippen LogP) is 3.15. The van der Waals surface area contributed by atoms with Crippen molar-refractivity contribution in [2.75, 3.05) is 24.5 Å². The molecule has 1 spiro atoms. The Morgan fingerprint density at radius 2 is 1.89 bits per heavy atom. The van der Waals surface area contributed by atoms with Crippen LogP contribution in [-0.2, 0) is 17.8 Å². The second-order valence-electron chi connectivity index (χ2n) is 8.21. The number of hydrogen-bond donors (Lipinski definition) is 0. The SMILES string of the molecule is CCc1cnc(C)nc1N1CCC2(CCC(=O)N(Cc3ccncc3)C2)CC1. The molecule has 0 aromatic carbocycles. The minimum Gasteiger partial charge on any atom is -0.356 e. The summed E-state index contributed by atoms with van der Waals surface area (Å²) in [6.45, 7) is 7.68. The minimum absolute atomic E-state index is 0.242. The van der Waals surface area contributed by atoms with Gasteiger partial charge in [-0.3, -0.25) is 9.78 Å². The van der Waals surface area contributed by atoms with Crippen molar-refractivity contribution in [1.82, 2.24) is 19.9 Å². The van der Waals surface area contributed by atoms with Crippen molar-refractivity contribution in [1.29, 1.82) is 0 Å². The number of carbonyl (C=O) groups excluding carboxylic acids is 1. The van der Waals surface area contributed by atoms with Crippen LogP contribution in [-0.4, -0.2) is 45.4 Å². The largest absolute Gasteiger partial charge is 0.356 e. The van der Waals surface area contributed by atoms with Crippen LogP contribution < -0.4 is 4.90 Å². The third-order valence-electron chi connectivity index (χ3n) is 6.34. The highest BCUT2D eigenvalue weighted by Crippen LogP contribution is 2.41. The fourth-order valence-electron chi connectivity index (χ4n) is 4.56. The highest BCUT2D eigenvalue weighted by atomic mass is 16.2. The molecule has 4 rings (SSSR count). The average Bonchev–Trinajstić information content (AvgIpc) is 2.72. The first kappa shape index (κ1) is 18.8. The maximum absolute atomic E-state index is 12.5. The Balaban J connectivity index is 1.45. The summed E-state index contributed by atoms with van der Waals surface area (Å²) in [4.78, 5) is 30.2. The van der Waals surface area contributed by atoms with Crippen LogP contribution in [0.1, 0.15) is 49.6 Å². The second-order valence-corrected chi connectivity index (χ2v) is 8.21. The van der Waals surface area contributed by atoms with E-state index < -0.39 is 0 Å². The summed E-state index contributed by atoms with van der Waals surface area (Å²) in [5.41, 5.74) is 2.62. The zero-order chi connectivity index (χ0) is 19.6. The monoisotopic (exact) mass is 379 g/mol. The Bertz CT molecular complexity index is 830. The van der Waals surface area contributed by atoms with Gasteiger partial charge in [-0.15, -0.1) is 0 Å². The highest BCUT2D eigenvalue weighted by molar-refractivity contribution is 5.77. The van der Waals surface area contributed by atoms with Gasteiger partial charge in [-0.2, -0.15) is 0 Å². The van der Waals surface area contributed by atoms with Crippen LogP contribution in [0.3, 0.4) is 0 Å². The maximum Gasteiger partial charge on any atom is 0.222 e. The molecule has 0 N–H and O–H groups in total. The fourth-order valence-corrected chi connectivity index (χ4v) is 4.56. The lowest BCUT2D eigenvalue weighted by Gasteiger charge is -2.48. The molecule has 2 aliphatic heterocycles. The zero-order valence-electron chi connectivity index (χ0n) is 16.9. The average molecular weight is 380 g/mol. The van der Waals surface area contributed by atoms with E-state index in [-0.39, 0.29) is 11.3 Å². The number of aromatic nitrogens is 3. The number of nitrogens with zero attached hydrogens (tertiary/aromatic N) is 5. The van der Waals surface area contributed by atoms with Gasteiger partial charge >= 0.3 is 0 Å². The molecule has 0 unspecified atom stereocenters. The van der Waals surface area contributed by atoms with Crippen molar-refractivity contribution in [3.8, 4) is 0 Å². The molecular formula is C22H29N5O. The first-order valence-electron chi connectivity index (χ1n) is 10.3. The van der Waals surface area contributed by atoms with Gasteiger partial charge in [-0.05, 0) is 55.7 Å². The number of pyridine rings is 1. The van der Waals surface area contributed by atoms with Crippen molar-refractivity contribution < 1.29 is 4.79 Å². The van der Waals surface area contributed by atoms with Crippen molar-refractivity contribution in [3.05, 3.63) is 47.7 Å². The Hall–Kier alpha value is -2.50. The van der Waals surface area contributed by atoms with E-state index in [1.54, 1.807) is 12.4 Å². The molecule has 6 heteroatoms. The molecule has 28 heavy (non-hydrogen) atoms. The lowest BCUT2D eigenvalue weighted by atomic mass is 9.72. The molecule has 2 aromatic heterocycles. The van der Waals surface area contributed by atoms with Gasteiger partial charge in [0.05, 0.1) is 0 Å². The zero-order valence-corrected chi connectivity index (χ0v) is 16.9. The predicted molar refractivity (Wildman–Crippen MR) is 109 cm³/mol. The lowest BCUT2D eigenvalue weighted by Crippen LogP contribution is -2.51. The van der Waals surface area contributed by atoms with Gasteiger partial charge in [0, 0.05) is 56.8 Å². The lowest BCUT2D eigenvalue weighted by molar-refractivity contribution is -0.139. The van der Waals surface area contributed by atoms with Crippen LogP contribution in [0.4, 0.5) is 5.82 Å². The van der Waals surface area contributed by atoms with E-state index in [1.807, 2.05) is 25.3 Å². The molecule has 0 saturated carbocycles. The fraction of sp³-hybridized carbons (Fsp3) is 0.545. The van der Waals surface area contributed by atoms with E-state index in [2.05, 4.69) is 26.7 Å². The molecule has 2 aromatic rings. The van der Waals surface area contributed by atoms with Crippen molar-refractivity contribution in [2.45, 2.75) is 52.5 Å². The van der Waals surface area contributed by atoms with Crippen molar-refractivity contribution >= 4 is 11.7 Å². The highest BCUT2D eigenvalue weighted by Gasteiger charge is 2.41. The number of piperidine rings is 2. The van der Waals surface area contributed by atoms with Gasteiger partial charge in [0.25, 0.3) is 0 Å². The van der Waals surface area contributed by atoms with E-state index in [9.17, 15) is 4.79 Å². The summed E-state index contributed by atoms with van der Waals surface area (Å²) in [6, 6.07) is 4.00. The minimum atomic E-state index is 0.242. The molecule has 2 saturated heterocycles. The summed E-state index contributed by atoms with van der Waals surface area (Å²) in [5.74, 6) is 2.22. The molecule has 1 amide bonds. The number of rotatable bonds is 4. The Morgan fingerprint density at radius 3 is 2.61 bits per heavy atom. The third-order valence-corrected chi connectivity index (χ3v) is 6.34. The number of aryl methyl sites for hydroxylation is 2. The standard InChI is InChI=1S/C22H29N5O/c1-3-19-14-24-17(2)25-21(19)26-12-8-22(9-13-26)7-4-20(28)27(16-22)15-18-5-10-23-11-6-18/h5-6,10-11,14H,3-4,7-9,12-13,15-16H2,1-2H3. The first-order chi connectivity index (χ1) is 13.6. The Morgan fingerprint density at radius 1 is 1.14 bits per heavy atom. The number of amides is 1. The van der Waals surface area contributed by atoms with E-state index in [4.69, 9.17) is 4.98 Å². The molecule has 0 aliphatic carbocycles. The molecule has 0 radical (unpaired) electrons. The molecular weight excluding hydrogens is 350 g/mol. The van der Waals surface area contributed by atoms with Crippen molar-refractivity contribution in [3.63, 3.8) is 0 Å². The quantitative estimate of drug-likeness (QED) is 0.817. The van der Waals surface area contributed by atoms with Crippen LogP contribution in [0.5, 0.6) is 0 Å². The van der Waals surface area contributed by atoms with Crippen LogP contribution in [0.25, 0.3) is 0 Å². The summed E-state index contributed by atoms with van der Waals surface area (Å²) in [6.07, 6.45) is 10.4. The molecule has 2 fully saturated rings. The van der Waals surface area contributed by atoms with Gasteiger partial charge in [0.15, 0.2) is 0 Å². The van der Waals surface area contributed by atoms with Crippen molar-refractivity contribution in [2.24, 2.45) is 5.41 Å². The van der Waals surface area contributed by atoms with Gasteiger partial charge in [0.1, 0.15) is 11.6 Å². The van der Waals surface area contributed by atoms with Gasteiger partial charge in [0.2, 0.25) is 5.91 Å². The summed E-state index contributed by atoms with van der Waals surface area (Å²) >= 11 is 0. The molecule has 0 atom stereocenters. The van der Waals surface area contributed by atoms with Crippen LogP contribution in [0, 0.1) is 12.3 Å². The van der Waals surface area contributed by atoms with Gasteiger partial charge in [-0.1, -0.05) is 6.92 Å². The summed E-state index contributed by atoms with van der Waals surface area (Å²) in [5, 5.41) is 0. The van der Waals surface area contributed by atoms with E-state index in [0.717, 1.165) is 62.5 Å². The Kier molecular flexibility index (Phi) is 5.29. The molecule has 2 aliphatic rings. The number of carbonyl (C=O) groups is 1. The molecule has 0 bridgehead atoms. The van der Waals surface area contributed by atoms with Gasteiger partial charge in [-0.25, -0.2) is 9.97 Å². The van der Waals surface area contributed by atoms with Crippen LogP contribution >= 0.6 is 0 Å². The van der Waals surface area contributed by atoms with E-state index >= 15 is 0 Å². The van der Waals surface area contributed by atoms with Crippen LogP contribution in [0.2, 0.25) is 0 Å². The maximum atomic E-state index is 12.5. The molecule has 4 heterocycles. The molecule has 148 valence electrons. The van der Waals surface area contributed by atoms with E-state index in [0.29, 0.717) is 13.0 Å². The number of anilines is 1. The number of likely N-dealkylation sites (tertiary alicyclic amines) is 1. The summed E-state index contributed by atoms with van der Waals surface area (Å²) in [7, 11) is 0. The third kappa shape index (κ3) is 3.86. The number of hydrogen-bond acceptors (Lipinski definition) is 5.